The summed E-state index contributed by atoms with van der Waals surface area (Å²) < 4.78 is 5.34. The van der Waals surface area contributed by atoms with Crippen molar-refractivity contribution < 1.29 is 14.6 Å². The Labute approximate surface area is 115 Å². The molecule has 0 aromatic heterocycles. The van der Waals surface area contributed by atoms with Crippen LogP contribution in [0.25, 0.3) is 0 Å². The predicted molar refractivity (Wildman–Crippen MR) is 71.6 cm³/mol. The molecule has 1 saturated heterocycles. The average molecular weight is 283 g/mol. The number of fused-ring (bicyclic) bond motifs is 1. The third-order valence-corrected chi connectivity index (χ3v) is 3.86. The van der Waals surface area contributed by atoms with Crippen LogP contribution in [-0.4, -0.2) is 30.2 Å². The highest BCUT2D eigenvalue weighted by Gasteiger charge is 2.27. The number of aliphatic hydroxyl groups excluding tert-OH is 1. The van der Waals surface area contributed by atoms with Crippen LogP contribution in [0.4, 0.5) is 5.69 Å². The van der Waals surface area contributed by atoms with Crippen molar-refractivity contribution >= 4 is 23.2 Å². The summed E-state index contributed by atoms with van der Waals surface area (Å²) >= 11 is 6.19. The van der Waals surface area contributed by atoms with E-state index in [4.69, 9.17) is 16.3 Å². The molecule has 2 atom stereocenters. The van der Waals surface area contributed by atoms with Gasteiger partial charge in [0, 0.05) is 16.6 Å². The SMILES string of the molecule is O=C1COc2cc(C(O)C3CCCN3)c(Cl)cc2N1. The molecule has 2 unspecified atom stereocenters. The number of carbonyl (C=O) groups is 1. The van der Waals surface area contributed by atoms with Gasteiger partial charge >= 0.3 is 0 Å². The summed E-state index contributed by atoms with van der Waals surface area (Å²) in [5, 5.41) is 16.7. The maximum Gasteiger partial charge on any atom is 0.262 e. The molecule has 3 N–H and O–H groups in total. The highest BCUT2D eigenvalue weighted by Crippen LogP contribution is 2.37. The van der Waals surface area contributed by atoms with Crippen molar-refractivity contribution in [2.45, 2.75) is 25.0 Å². The summed E-state index contributed by atoms with van der Waals surface area (Å²) in [6, 6.07) is 3.36. The zero-order valence-corrected chi connectivity index (χ0v) is 11.0. The maximum absolute atomic E-state index is 11.2. The Kier molecular flexibility index (Phi) is 3.35. The molecule has 1 fully saturated rings. The first-order valence-corrected chi connectivity index (χ1v) is 6.70. The fourth-order valence-corrected chi connectivity index (χ4v) is 2.82. The Morgan fingerprint density at radius 1 is 1.47 bits per heavy atom. The molecule has 0 spiro atoms. The quantitative estimate of drug-likeness (QED) is 0.768. The summed E-state index contributed by atoms with van der Waals surface area (Å²) in [7, 11) is 0. The van der Waals surface area contributed by atoms with Crippen molar-refractivity contribution in [2.24, 2.45) is 0 Å². The van der Waals surface area contributed by atoms with Gasteiger partial charge in [0.25, 0.3) is 5.91 Å². The Balaban J connectivity index is 1.91. The molecule has 2 aliphatic heterocycles. The number of hydrogen-bond acceptors (Lipinski definition) is 4. The number of hydrogen-bond donors (Lipinski definition) is 3. The van der Waals surface area contributed by atoms with Gasteiger partial charge < -0.3 is 20.5 Å². The van der Waals surface area contributed by atoms with Crippen LogP contribution in [0, 0.1) is 0 Å². The van der Waals surface area contributed by atoms with E-state index >= 15 is 0 Å². The van der Waals surface area contributed by atoms with Crippen LogP contribution in [0.1, 0.15) is 24.5 Å². The lowest BCUT2D eigenvalue weighted by Crippen LogP contribution is -2.29. The monoisotopic (exact) mass is 282 g/mol. The fraction of sp³-hybridized carbons (Fsp3) is 0.462. The molecule has 0 bridgehead atoms. The van der Waals surface area contributed by atoms with E-state index in [1.807, 2.05) is 0 Å². The smallest absolute Gasteiger partial charge is 0.262 e. The molecule has 1 aromatic rings. The summed E-state index contributed by atoms with van der Waals surface area (Å²) in [6.07, 6.45) is 1.31. The van der Waals surface area contributed by atoms with E-state index in [9.17, 15) is 9.90 Å². The van der Waals surface area contributed by atoms with E-state index < -0.39 is 6.10 Å². The standard InChI is InChI=1S/C13H15ClN2O3/c14-8-5-10-11(19-6-12(17)16-10)4-7(8)13(18)9-2-1-3-15-9/h4-5,9,13,15,18H,1-3,6H2,(H,16,17). The van der Waals surface area contributed by atoms with Crippen LogP contribution in [-0.2, 0) is 4.79 Å². The molecule has 1 aromatic carbocycles. The minimum atomic E-state index is -0.665. The Morgan fingerprint density at radius 3 is 3.05 bits per heavy atom. The number of halogens is 1. The first-order chi connectivity index (χ1) is 9.15. The molecule has 0 aliphatic carbocycles. The van der Waals surface area contributed by atoms with Gasteiger partial charge in [-0.3, -0.25) is 4.79 Å². The first-order valence-electron chi connectivity index (χ1n) is 6.32. The lowest BCUT2D eigenvalue weighted by atomic mass is 10.00. The molecule has 0 radical (unpaired) electrons. The highest BCUT2D eigenvalue weighted by molar-refractivity contribution is 6.32. The topological polar surface area (TPSA) is 70.6 Å². The lowest BCUT2D eigenvalue weighted by molar-refractivity contribution is -0.118. The largest absolute Gasteiger partial charge is 0.482 e. The van der Waals surface area contributed by atoms with E-state index in [-0.39, 0.29) is 18.6 Å². The molecule has 6 heteroatoms. The van der Waals surface area contributed by atoms with Crippen LogP contribution < -0.4 is 15.4 Å². The number of aliphatic hydroxyl groups is 1. The number of anilines is 1. The summed E-state index contributed by atoms with van der Waals surface area (Å²) in [5.74, 6) is 0.352. The van der Waals surface area contributed by atoms with Crippen LogP contribution in [0.5, 0.6) is 5.75 Å². The second-order valence-electron chi connectivity index (χ2n) is 4.85. The molecule has 1 amide bonds. The molecule has 0 saturated carbocycles. The third kappa shape index (κ3) is 2.41. The van der Waals surface area contributed by atoms with Gasteiger partial charge in [0.2, 0.25) is 0 Å². The number of nitrogens with one attached hydrogen (secondary N) is 2. The molecule has 5 nitrogen and oxygen atoms in total. The lowest BCUT2D eigenvalue weighted by Gasteiger charge is -2.23. The predicted octanol–water partition coefficient (Wildman–Crippen LogP) is 1.46. The van der Waals surface area contributed by atoms with Crippen molar-refractivity contribution in [3.05, 3.63) is 22.7 Å². The minimum Gasteiger partial charge on any atom is -0.482 e. The molecule has 19 heavy (non-hydrogen) atoms. The maximum atomic E-state index is 11.2. The van der Waals surface area contributed by atoms with Gasteiger partial charge in [0.05, 0.1) is 11.8 Å². The highest BCUT2D eigenvalue weighted by atomic mass is 35.5. The third-order valence-electron chi connectivity index (χ3n) is 3.53. The van der Waals surface area contributed by atoms with E-state index in [2.05, 4.69) is 10.6 Å². The van der Waals surface area contributed by atoms with Crippen molar-refractivity contribution in [3.8, 4) is 5.75 Å². The van der Waals surface area contributed by atoms with Gasteiger partial charge in [-0.05, 0) is 31.5 Å². The van der Waals surface area contributed by atoms with Crippen molar-refractivity contribution in [1.82, 2.24) is 5.32 Å². The van der Waals surface area contributed by atoms with Crippen molar-refractivity contribution in [3.63, 3.8) is 0 Å². The van der Waals surface area contributed by atoms with Crippen LogP contribution >= 0.6 is 11.6 Å². The van der Waals surface area contributed by atoms with E-state index in [0.29, 0.717) is 22.0 Å². The number of benzene rings is 1. The normalized spacial score (nSPS) is 23.5. The Bertz CT molecular complexity index is 515. The summed E-state index contributed by atoms with van der Waals surface area (Å²) in [5.41, 5.74) is 1.19. The van der Waals surface area contributed by atoms with Gasteiger partial charge in [-0.2, -0.15) is 0 Å². The number of rotatable bonds is 2. The van der Waals surface area contributed by atoms with Crippen LogP contribution in [0.15, 0.2) is 12.1 Å². The molecular weight excluding hydrogens is 268 g/mol. The van der Waals surface area contributed by atoms with E-state index in [1.165, 1.54) is 0 Å². The second kappa shape index (κ2) is 5.00. The zero-order valence-electron chi connectivity index (χ0n) is 10.3. The fourth-order valence-electron chi connectivity index (χ4n) is 2.54. The number of carbonyl (C=O) groups excluding carboxylic acids is 1. The van der Waals surface area contributed by atoms with E-state index in [1.54, 1.807) is 12.1 Å². The van der Waals surface area contributed by atoms with Gasteiger partial charge in [-0.15, -0.1) is 0 Å². The van der Waals surface area contributed by atoms with Crippen molar-refractivity contribution in [2.75, 3.05) is 18.5 Å². The second-order valence-corrected chi connectivity index (χ2v) is 5.26. The number of amides is 1. The van der Waals surface area contributed by atoms with Crippen LogP contribution in [0.2, 0.25) is 5.02 Å². The molecule has 2 heterocycles. The van der Waals surface area contributed by atoms with E-state index in [0.717, 1.165) is 19.4 Å². The average Bonchev–Trinajstić information content (AvgIpc) is 2.91. The Hall–Kier alpha value is -1.30. The molecular formula is C13H15ClN2O3. The van der Waals surface area contributed by atoms with Gasteiger partial charge in [0.15, 0.2) is 6.61 Å². The number of ether oxygens (including phenoxy) is 1. The van der Waals surface area contributed by atoms with Crippen LogP contribution in [0.3, 0.4) is 0 Å². The van der Waals surface area contributed by atoms with Gasteiger partial charge in [-0.1, -0.05) is 11.6 Å². The zero-order chi connectivity index (χ0) is 13.4. The van der Waals surface area contributed by atoms with Crippen molar-refractivity contribution in [1.29, 1.82) is 0 Å². The first kappa shape index (κ1) is 12.7. The summed E-state index contributed by atoms with van der Waals surface area (Å²) in [6.45, 7) is 0.905. The Morgan fingerprint density at radius 2 is 2.32 bits per heavy atom. The van der Waals surface area contributed by atoms with Gasteiger partial charge in [-0.25, -0.2) is 0 Å². The molecule has 3 rings (SSSR count). The molecule has 102 valence electrons. The molecule has 2 aliphatic rings. The minimum absolute atomic E-state index is 0.00809. The summed E-state index contributed by atoms with van der Waals surface area (Å²) in [4.78, 5) is 11.2. The van der Waals surface area contributed by atoms with Gasteiger partial charge in [0.1, 0.15) is 5.75 Å².